The lowest BCUT2D eigenvalue weighted by Gasteiger charge is -2.36. The van der Waals surface area contributed by atoms with E-state index in [0.717, 1.165) is 6.42 Å². The topological polar surface area (TPSA) is 46.6 Å². The van der Waals surface area contributed by atoms with Gasteiger partial charge in [0.1, 0.15) is 11.4 Å². The lowest BCUT2D eigenvalue weighted by atomic mass is 9.97. The molecule has 1 saturated carbocycles. The van der Waals surface area contributed by atoms with E-state index < -0.39 is 5.60 Å². The van der Waals surface area contributed by atoms with Crippen molar-refractivity contribution in [2.75, 3.05) is 6.54 Å². The molecule has 2 aliphatic rings. The zero-order valence-corrected chi connectivity index (χ0v) is 11.6. The zero-order valence-electron chi connectivity index (χ0n) is 11.6. The molecule has 0 radical (unpaired) electrons. The molecule has 0 N–H and O–H groups in total. The number of likely N-dealkylation sites (tertiary alicyclic amines) is 1. The first-order valence-corrected chi connectivity index (χ1v) is 6.86. The first-order valence-electron chi connectivity index (χ1n) is 6.86. The van der Waals surface area contributed by atoms with Crippen LogP contribution in [-0.4, -0.2) is 35.0 Å². The van der Waals surface area contributed by atoms with Crippen molar-refractivity contribution in [2.45, 2.75) is 64.5 Å². The Bertz CT molecular complexity index is 341. The molecule has 1 saturated heterocycles. The lowest BCUT2D eigenvalue weighted by molar-refractivity contribution is -0.123. The van der Waals surface area contributed by atoms with Crippen molar-refractivity contribution in [2.24, 2.45) is 5.92 Å². The summed E-state index contributed by atoms with van der Waals surface area (Å²) in [5.41, 5.74) is -0.470. The fourth-order valence-corrected chi connectivity index (χ4v) is 2.41. The van der Waals surface area contributed by atoms with Crippen LogP contribution in [0.4, 0.5) is 4.79 Å². The smallest absolute Gasteiger partial charge is 0.410 e. The van der Waals surface area contributed by atoms with E-state index in [1.165, 1.54) is 12.8 Å². The Hall–Kier alpha value is -1.06. The van der Waals surface area contributed by atoms with Crippen LogP contribution in [0.2, 0.25) is 0 Å². The Labute approximate surface area is 109 Å². The maximum absolute atomic E-state index is 12.1. The van der Waals surface area contributed by atoms with E-state index in [9.17, 15) is 9.59 Å². The molecule has 1 aliphatic heterocycles. The number of ketones is 1. The molecule has 0 aromatic carbocycles. The predicted molar refractivity (Wildman–Crippen MR) is 68.3 cm³/mol. The van der Waals surface area contributed by atoms with Gasteiger partial charge in [-0.2, -0.15) is 0 Å². The molecule has 18 heavy (non-hydrogen) atoms. The maximum Gasteiger partial charge on any atom is 0.410 e. The molecule has 2 fully saturated rings. The SMILES string of the molecule is CC(C)(C)OC(=O)N1CCC(=O)CC1CC1CC1. The summed E-state index contributed by atoms with van der Waals surface area (Å²) < 4.78 is 5.42. The highest BCUT2D eigenvalue weighted by Gasteiger charge is 2.36. The highest BCUT2D eigenvalue weighted by molar-refractivity contribution is 5.82. The van der Waals surface area contributed by atoms with Gasteiger partial charge in [0.25, 0.3) is 0 Å². The number of carbonyl (C=O) groups is 2. The van der Waals surface area contributed by atoms with Gasteiger partial charge in [0.2, 0.25) is 0 Å². The minimum absolute atomic E-state index is 0.0635. The van der Waals surface area contributed by atoms with E-state index in [1.54, 1.807) is 4.90 Å². The molecule has 0 aromatic rings. The summed E-state index contributed by atoms with van der Waals surface area (Å²) in [7, 11) is 0. The number of amides is 1. The third-order valence-electron chi connectivity index (χ3n) is 3.47. The molecule has 1 heterocycles. The van der Waals surface area contributed by atoms with Gasteiger partial charge in [-0.25, -0.2) is 4.79 Å². The minimum atomic E-state index is -0.470. The molecule has 1 unspecified atom stereocenters. The molecule has 0 aromatic heterocycles. The number of nitrogens with zero attached hydrogens (tertiary/aromatic N) is 1. The molecule has 102 valence electrons. The zero-order chi connectivity index (χ0) is 13.3. The van der Waals surface area contributed by atoms with Gasteiger partial charge in [-0.3, -0.25) is 4.79 Å². The third-order valence-corrected chi connectivity index (χ3v) is 3.47. The second kappa shape index (κ2) is 4.90. The van der Waals surface area contributed by atoms with Crippen LogP contribution in [0.5, 0.6) is 0 Å². The molecule has 1 atom stereocenters. The van der Waals surface area contributed by atoms with Crippen molar-refractivity contribution >= 4 is 11.9 Å². The maximum atomic E-state index is 12.1. The molecule has 1 amide bonds. The van der Waals surface area contributed by atoms with Gasteiger partial charge in [0.05, 0.1) is 0 Å². The van der Waals surface area contributed by atoms with Crippen molar-refractivity contribution in [1.29, 1.82) is 0 Å². The highest BCUT2D eigenvalue weighted by Crippen LogP contribution is 2.36. The van der Waals surface area contributed by atoms with Crippen LogP contribution in [0.25, 0.3) is 0 Å². The quantitative estimate of drug-likeness (QED) is 0.760. The van der Waals surface area contributed by atoms with Gasteiger partial charge in [-0.05, 0) is 33.1 Å². The van der Waals surface area contributed by atoms with Gasteiger partial charge in [-0.15, -0.1) is 0 Å². The first kappa shape index (κ1) is 13.4. The van der Waals surface area contributed by atoms with Crippen LogP contribution < -0.4 is 0 Å². The average molecular weight is 253 g/mol. The van der Waals surface area contributed by atoms with Crippen molar-refractivity contribution in [3.63, 3.8) is 0 Å². The Morgan fingerprint density at radius 3 is 2.61 bits per heavy atom. The van der Waals surface area contributed by atoms with Crippen molar-refractivity contribution in [3.8, 4) is 0 Å². The number of hydrogen-bond donors (Lipinski definition) is 0. The standard InChI is InChI=1S/C14H23NO3/c1-14(2,3)18-13(17)15-7-6-12(16)9-11(15)8-10-4-5-10/h10-11H,4-9H2,1-3H3. The number of piperidine rings is 1. The number of carbonyl (C=O) groups excluding carboxylic acids is 2. The number of Topliss-reactive ketones (excluding diaryl/α,β-unsaturated/α-hetero) is 1. The lowest BCUT2D eigenvalue weighted by Crippen LogP contribution is -2.48. The molecular formula is C14H23NO3. The summed E-state index contributed by atoms with van der Waals surface area (Å²) in [6.07, 6.45) is 4.17. The average Bonchev–Trinajstić information content (AvgIpc) is 2.98. The molecule has 0 bridgehead atoms. The van der Waals surface area contributed by atoms with E-state index in [-0.39, 0.29) is 17.9 Å². The van der Waals surface area contributed by atoms with E-state index in [0.29, 0.717) is 25.3 Å². The van der Waals surface area contributed by atoms with E-state index in [4.69, 9.17) is 4.74 Å². The van der Waals surface area contributed by atoms with Gasteiger partial charge in [-0.1, -0.05) is 12.8 Å². The van der Waals surface area contributed by atoms with Gasteiger partial charge < -0.3 is 9.64 Å². The summed E-state index contributed by atoms with van der Waals surface area (Å²) in [6, 6.07) is 0.0635. The largest absolute Gasteiger partial charge is 0.444 e. The van der Waals surface area contributed by atoms with E-state index in [1.807, 2.05) is 20.8 Å². The highest BCUT2D eigenvalue weighted by atomic mass is 16.6. The van der Waals surface area contributed by atoms with E-state index >= 15 is 0 Å². The van der Waals surface area contributed by atoms with Crippen molar-refractivity contribution < 1.29 is 14.3 Å². The Morgan fingerprint density at radius 2 is 2.06 bits per heavy atom. The molecular weight excluding hydrogens is 230 g/mol. The second-order valence-electron chi connectivity index (χ2n) is 6.50. The summed E-state index contributed by atoms with van der Waals surface area (Å²) >= 11 is 0. The molecule has 0 spiro atoms. The molecule has 1 aliphatic carbocycles. The summed E-state index contributed by atoms with van der Waals surface area (Å²) in [4.78, 5) is 25.4. The van der Waals surface area contributed by atoms with Gasteiger partial charge >= 0.3 is 6.09 Å². The Balaban J connectivity index is 1.98. The van der Waals surface area contributed by atoms with Crippen LogP contribution in [0.1, 0.15) is 52.9 Å². The number of hydrogen-bond acceptors (Lipinski definition) is 3. The van der Waals surface area contributed by atoms with Gasteiger partial charge in [0, 0.05) is 25.4 Å². The Morgan fingerprint density at radius 1 is 1.39 bits per heavy atom. The van der Waals surface area contributed by atoms with Crippen LogP contribution >= 0.6 is 0 Å². The van der Waals surface area contributed by atoms with Crippen LogP contribution in [0.15, 0.2) is 0 Å². The third kappa shape index (κ3) is 3.72. The number of rotatable bonds is 2. The predicted octanol–water partition coefficient (Wildman–Crippen LogP) is 2.76. The Kier molecular flexibility index (Phi) is 3.64. The molecule has 2 rings (SSSR count). The summed E-state index contributed by atoms with van der Waals surface area (Å²) in [5.74, 6) is 0.992. The fourth-order valence-electron chi connectivity index (χ4n) is 2.41. The minimum Gasteiger partial charge on any atom is -0.444 e. The van der Waals surface area contributed by atoms with Crippen molar-refractivity contribution in [3.05, 3.63) is 0 Å². The van der Waals surface area contributed by atoms with Gasteiger partial charge in [0.15, 0.2) is 0 Å². The van der Waals surface area contributed by atoms with Crippen LogP contribution in [0.3, 0.4) is 0 Å². The molecule has 4 heteroatoms. The van der Waals surface area contributed by atoms with Crippen LogP contribution in [0, 0.1) is 5.92 Å². The summed E-state index contributed by atoms with van der Waals surface area (Å²) in [5, 5.41) is 0. The number of ether oxygens (including phenoxy) is 1. The van der Waals surface area contributed by atoms with Crippen molar-refractivity contribution in [1.82, 2.24) is 4.90 Å². The van der Waals surface area contributed by atoms with E-state index in [2.05, 4.69) is 0 Å². The second-order valence-corrected chi connectivity index (χ2v) is 6.50. The normalized spacial score (nSPS) is 25.2. The first-order chi connectivity index (χ1) is 8.35. The monoisotopic (exact) mass is 253 g/mol. The van der Waals surface area contributed by atoms with Crippen LogP contribution in [-0.2, 0) is 9.53 Å². The summed E-state index contributed by atoms with van der Waals surface area (Å²) in [6.45, 7) is 6.13. The molecule has 4 nitrogen and oxygen atoms in total. The fraction of sp³-hybridized carbons (Fsp3) is 0.857.